The van der Waals surface area contributed by atoms with Crippen LogP contribution in [-0.4, -0.2) is 52.9 Å². The zero-order chi connectivity index (χ0) is 23.1. The lowest BCUT2D eigenvalue weighted by atomic mass is 9.98. The van der Waals surface area contributed by atoms with Gasteiger partial charge in [0.15, 0.2) is 0 Å². The molecule has 33 heavy (non-hydrogen) atoms. The predicted octanol–water partition coefficient (Wildman–Crippen LogP) is 2.99. The van der Waals surface area contributed by atoms with Crippen molar-refractivity contribution < 1.29 is 15.0 Å². The van der Waals surface area contributed by atoms with E-state index >= 15 is 0 Å². The molecule has 0 radical (unpaired) electrons. The fourth-order valence-electron chi connectivity index (χ4n) is 5.03. The number of imidazole rings is 1. The normalized spacial score (nSPS) is 18.8. The Morgan fingerprint density at radius 3 is 2.76 bits per heavy atom. The quantitative estimate of drug-likeness (QED) is 0.497. The van der Waals surface area contributed by atoms with Crippen LogP contribution in [0.4, 0.5) is 4.79 Å². The van der Waals surface area contributed by atoms with Gasteiger partial charge in [-0.2, -0.15) is 0 Å². The lowest BCUT2D eigenvalue weighted by molar-refractivity contribution is 0.0977. The summed E-state index contributed by atoms with van der Waals surface area (Å²) in [5.74, 6) is 0. The van der Waals surface area contributed by atoms with E-state index in [2.05, 4.69) is 9.97 Å². The summed E-state index contributed by atoms with van der Waals surface area (Å²) >= 11 is 0. The number of aliphatic hydroxyl groups is 1. The van der Waals surface area contributed by atoms with E-state index in [1.807, 2.05) is 37.3 Å². The lowest BCUT2D eigenvalue weighted by Gasteiger charge is -2.36. The SMILES string of the molecule is CC1CC(n2c(=O)n(Cc3ncc4ccccc4c3CO)c3cnccc32)CCN1C(=O)O. The predicted molar refractivity (Wildman–Crippen MR) is 123 cm³/mol. The molecule has 0 saturated carbocycles. The number of nitrogens with zero attached hydrogens (tertiary/aromatic N) is 5. The summed E-state index contributed by atoms with van der Waals surface area (Å²) in [6.45, 7) is 2.28. The maximum atomic E-state index is 13.7. The molecule has 1 aromatic carbocycles. The fraction of sp³-hybridized carbons (Fsp3) is 0.333. The largest absolute Gasteiger partial charge is 0.465 e. The zero-order valence-corrected chi connectivity index (χ0v) is 18.3. The Labute approximate surface area is 189 Å². The van der Waals surface area contributed by atoms with Crippen LogP contribution in [0.5, 0.6) is 0 Å². The molecule has 4 aromatic rings. The van der Waals surface area contributed by atoms with Gasteiger partial charge in [0.1, 0.15) is 0 Å². The Kier molecular flexibility index (Phi) is 5.33. The highest BCUT2D eigenvalue weighted by Crippen LogP contribution is 2.29. The molecule has 2 unspecified atom stereocenters. The Balaban J connectivity index is 1.59. The molecular formula is C24H25N5O4. The van der Waals surface area contributed by atoms with Crippen LogP contribution in [0.25, 0.3) is 21.8 Å². The molecule has 1 saturated heterocycles. The average molecular weight is 447 g/mol. The average Bonchev–Trinajstić information content (AvgIpc) is 3.09. The van der Waals surface area contributed by atoms with E-state index in [9.17, 15) is 19.8 Å². The van der Waals surface area contributed by atoms with Gasteiger partial charge < -0.3 is 15.1 Å². The number of fused-ring (bicyclic) bond motifs is 2. The number of piperidine rings is 1. The molecule has 0 spiro atoms. The number of amides is 1. The number of carboxylic acid groups (broad SMARTS) is 1. The van der Waals surface area contributed by atoms with Gasteiger partial charge in [-0.1, -0.05) is 24.3 Å². The summed E-state index contributed by atoms with van der Waals surface area (Å²) in [5, 5.41) is 21.3. The summed E-state index contributed by atoms with van der Waals surface area (Å²) in [7, 11) is 0. The standard InChI is InChI=1S/C24H25N5O4/c1-15-10-17(7-9-27(15)24(32)33)29-21-6-8-25-12-22(21)28(23(29)31)13-20-19(14-30)18-5-3-2-4-16(18)11-26-20/h2-6,8,11-12,15,17,30H,7,9-10,13-14H2,1H3,(H,32,33). The molecule has 2 N–H and O–H groups in total. The summed E-state index contributed by atoms with van der Waals surface area (Å²) < 4.78 is 3.42. The van der Waals surface area contributed by atoms with Crippen LogP contribution in [0.15, 0.2) is 53.7 Å². The molecule has 4 heterocycles. The molecule has 9 nitrogen and oxygen atoms in total. The van der Waals surface area contributed by atoms with Crippen molar-refractivity contribution >= 4 is 27.9 Å². The molecule has 3 aromatic heterocycles. The van der Waals surface area contributed by atoms with E-state index in [1.165, 1.54) is 4.90 Å². The molecule has 1 aliphatic rings. The number of benzene rings is 1. The van der Waals surface area contributed by atoms with Crippen molar-refractivity contribution in [3.8, 4) is 0 Å². The van der Waals surface area contributed by atoms with Crippen LogP contribution in [0.2, 0.25) is 0 Å². The molecule has 5 rings (SSSR count). The Morgan fingerprint density at radius 1 is 1.18 bits per heavy atom. The summed E-state index contributed by atoms with van der Waals surface area (Å²) in [5.41, 5.74) is 2.61. The zero-order valence-electron chi connectivity index (χ0n) is 18.3. The first-order chi connectivity index (χ1) is 16.0. The van der Waals surface area contributed by atoms with Gasteiger partial charge in [-0.15, -0.1) is 0 Å². The third-order valence-corrected chi connectivity index (χ3v) is 6.68. The molecular weight excluding hydrogens is 422 g/mol. The van der Waals surface area contributed by atoms with Crippen LogP contribution >= 0.6 is 0 Å². The Bertz CT molecular complexity index is 1410. The third kappa shape index (κ3) is 3.54. The number of aromatic nitrogens is 4. The first kappa shape index (κ1) is 21.1. The Hall–Kier alpha value is -3.72. The minimum Gasteiger partial charge on any atom is -0.465 e. The monoisotopic (exact) mass is 447 g/mol. The third-order valence-electron chi connectivity index (χ3n) is 6.68. The van der Waals surface area contributed by atoms with Gasteiger partial charge in [-0.25, -0.2) is 9.59 Å². The van der Waals surface area contributed by atoms with Crippen molar-refractivity contribution in [3.63, 3.8) is 0 Å². The second-order valence-corrected chi connectivity index (χ2v) is 8.54. The van der Waals surface area contributed by atoms with Crippen molar-refractivity contribution in [3.05, 3.63) is 70.7 Å². The molecule has 1 aliphatic heterocycles. The summed E-state index contributed by atoms with van der Waals surface area (Å²) in [4.78, 5) is 35.3. The van der Waals surface area contributed by atoms with Crippen molar-refractivity contribution in [1.29, 1.82) is 0 Å². The van der Waals surface area contributed by atoms with E-state index in [0.29, 0.717) is 36.2 Å². The number of rotatable bonds is 4. The molecule has 9 heteroatoms. The topological polar surface area (TPSA) is 113 Å². The van der Waals surface area contributed by atoms with Crippen molar-refractivity contribution in [1.82, 2.24) is 24.0 Å². The summed E-state index contributed by atoms with van der Waals surface area (Å²) in [6.07, 6.45) is 5.28. The smallest absolute Gasteiger partial charge is 0.407 e. The van der Waals surface area contributed by atoms with Crippen LogP contribution in [0.3, 0.4) is 0 Å². The molecule has 0 aliphatic carbocycles. The van der Waals surface area contributed by atoms with Gasteiger partial charge in [0.25, 0.3) is 0 Å². The maximum Gasteiger partial charge on any atom is 0.407 e. The van der Waals surface area contributed by atoms with Crippen LogP contribution in [0, 0.1) is 0 Å². The second-order valence-electron chi connectivity index (χ2n) is 8.54. The Morgan fingerprint density at radius 2 is 2.00 bits per heavy atom. The molecule has 170 valence electrons. The molecule has 0 bridgehead atoms. The van der Waals surface area contributed by atoms with Crippen LogP contribution in [-0.2, 0) is 13.2 Å². The first-order valence-corrected chi connectivity index (χ1v) is 11.0. The first-order valence-electron chi connectivity index (χ1n) is 11.0. The van der Waals surface area contributed by atoms with Gasteiger partial charge >= 0.3 is 11.8 Å². The van der Waals surface area contributed by atoms with E-state index in [-0.39, 0.29) is 30.9 Å². The van der Waals surface area contributed by atoms with Crippen LogP contribution < -0.4 is 5.69 Å². The maximum absolute atomic E-state index is 13.7. The van der Waals surface area contributed by atoms with E-state index in [0.717, 1.165) is 16.3 Å². The number of hydrogen-bond acceptors (Lipinski definition) is 5. The number of pyridine rings is 2. The highest BCUT2D eigenvalue weighted by molar-refractivity contribution is 5.85. The van der Waals surface area contributed by atoms with Crippen molar-refractivity contribution in [2.24, 2.45) is 0 Å². The van der Waals surface area contributed by atoms with Gasteiger partial charge in [-0.05, 0) is 31.2 Å². The number of aliphatic hydroxyl groups excluding tert-OH is 1. The van der Waals surface area contributed by atoms with Crippen molar-refractivity contribution in [2.45, 2.75) is 45.0 Å². The highest BCUT2D eigenvalue weighted by atomic mass is 16.4. The lowest BCUT2D eigenvalue weighted by Crippen LogP contribution is -2.45. The minimum absolute atomic E-state index is 0.115. The summed E-state index contributed by atoms with van der Waals surface area (Å²) in [6, 6.07) is 9.24. The minimum atomic E-state index is -0.932. The molecule has 1 fully saturated rings. The van der Waals surface area contributed by atoms with E-state index in [1.54, 1.807) is 27.7 Å². The number of likely N-dealkylation sites (tertiary alicyclic amines) is 1. The highest BCUT2D eigenvalue weighted by Gasteiger charge is 2.32. The van der Waals surface area contributed by atoms with E-state index < -0.39 is 6.09 Å². The van der Waals surface area contributed by atoms with Gasteiger partial charge in [0, 0.05) is 42.0 Å². The van der Waals surface area contributed by atoms with Crippen molar-refractivity contribution in [2.75, 3.05) is 6.54 Å². The second kappa shape index (κ2) is 8.32. The van der Waals surface area contributed by atoms with Gasteiger partial charge in [0.05, 0.1) is 36.1 Å². The number of carbonyl (C=O) groups is 1. The molecule has 1 amide bonds. The number of hydrogen-bond donors (Lipinski definition) is 2. The van der Waals surface area contributed by atoms with Gasteiger partial charge in [0.2, 0.25) is 0 Å². The van der Waals surface area contributed by atoms with Crippen LogP contribution in [0.1, 0.15) is 37.1 Å². The fourth-order valence-corrected chi connectivity index (χ4v) is 5.03. The van der Waals surface area contributed by atoms with E-state index in [4.69, 9.17) is 0 Å². The molecule has 2 atom stereocenters. The van der Waals surface area contributed by atoms with Gasteiger partial charge in [-0.3, -0.25) is 19.1 Å².